The molecule has 1 aromatic carbocycles. The lowest BCUT2D eigenvalue weighted by atomic mass is 9.83. The molecule has 1 fully saturated rings. The number of hydrogen-bond acceptors (Lipinski definition) is 2. The van der Waals surface area contributed by atoms with E-state index < -0.39 is 0 Å². The van der Waals surface area contributed by atoms with E-state index in [0.717, 1.165) is 30.4 Å². The van der Waals surface area contributed by atoms with Gasteiger partial charge in [-0.25, -0.2) is 0 Å². The van der Waals surface area contributed by atoms with Gasteiger partial charge in [0.05, 0.1) is 0 Å². The van der Waals surface area contributed by atoms with Crippen molar-refractivity contribution in [1.29, 1.82) is 0 Å². The molecule has 4 nitrogen and oxygen atoms in total. The van der Waals surface area contributed by atoms with Gasteiger partial charge in [-0.1, -0.05) is 25.1 Å². The standard InChI is InChI=1S/C16H21N3O/c1-16(7-4-8-17-10-16)11-18-15(20)14-9-12-5-2-3-6-13(12)19-14/h2-3,5-6,9,17,19H,4,7-8,10-11H2,1H3,(H,18,20). The number of rotatable bonds is 3. The van der Waals surface area contributed by atoms with Gasteiger partial charge < -0.3 is 15.6 Å². The van der Waals surface area contributed by atoms with Crippen LogP contribution in [0.15, 0.2) is 30.3 Å². The van der Waals surface area contributed by atoms with E-state index in [1.807, 2.05) is 30.3 Å². The number of nitrogens with one attached hydrogen (secondary N) is 3. The second-order valence-corrected chi connectivity index (χ2v) is 6.04. The highest BCUT2D eigenvalue weighted by atomic mass is 16.1. The Morgan fingerprint density at radius 3 is 3.00 bits per heavy atom. The fraction of sp³-hybridized carbons (Fsp3) is 0.438. The minimum Gasteiger partial charge on any atom is -0.351 e. The van der Waals surface area contributed by atoms with Crippen LogP contribution >= 0.6 is 0 Å². The second-order valence-electron chi connectivity index (χ2n) is 6.04. The van der Waals surface area contributed by atoms with Crippen molar-refractivity contribution in [3.05, 3.63) is 36.0 Å². The van der Waals surface area contributed by atoms with Gasteiger partial charge in [0, 0.05) is 24.0 Å². The Labute approximate surface area is 118 Å². The van der Waals surface area contributed by atoms with Gasteiger partial charge in [-0.3, -0.25) is 4.79 Å². The van der Waals surface area contributed by atoms with E-state index in [2.05, 4.69) is 22.5 Å². The first-order chi connectivity index (χ1) is 9.66. The van der Waals surface area contributed by atoms with Crippen LogP contribution in [0.2, 0.25) is 0 Å². The number of benzene rings is 1. The van der Waals surface area contributed by atoms with E-state index in [1.54, 1.807) is 0 Å². The second kappa shape index (κ2) is 5.29. The van der Waals surface area contributed by atoms with Gasteiger partial charge in [0.25, 0.3) is 5.91 Å². The predicted octanol–water partition coefficient (Wildman–Crippen LogP) is 2.29. The van der Waals surface area contributed by atoms with E-state index in [-0.39, 0.29) is 11.3 Å². The van der Waals surface area contributed by atoms with E-state index >= 15 is 0 Å². The molecule has 3 N–H and O–H groups in total. The fourth-order valence-corrected chi connectivity index (χ4v) is 2.85. The SMILES string of the molecule is CC1(CNC(=O)c2cc3ccccc3[nH]2)CCCNC1. The molecular formula is C16H21N3O. The highest BCUT2D eigenvalue weighted by molar-refractivity contribution is 5.97. The Morgan fingerprint density at radius 2 is 2.25 bits per heavy atom. The lowest BCUT2D eigenvalue weighted by Gasteiger charge is -2.34. The molecule has 3 rings (SSSR count). The summed E-state index contributed by atoms with van der Waals surface area (Å²) in [6.07, 6.45) is 2.34. The number of H-pyrrole nitrogens is 1. The molecule has 2 heterocycles. The summed E-state index contributed by atoms with van der Waals surface area (Å²) in [5.74, 6) is -0.0204. The molecule has 1 atom stereocenters. The maximum absolute atomic E-state index is 12.2. The number of hydrogen-bond donors (Lipinski definition) is 3. The van der Waals surface area contributed by atoms with Crippen LogP contribution in [0.25, 0.3) is 10.9 Å². The Balaban J connectivity index is 1.66. The zero-order valence-electron chi connectivity index (χ0n) is 11.8. The van der Waals surface area contributed by atoms with Crippen LogP contribution in [0.1, 0.15) is 30.3 Å². The molecule has 1 aliphatic heterocycles. The molecular weight excluding hydrogens is 250 g/mol. The summed E-state index contributed by atoms with van der Waals surface area (Å²) >= 11 is 0. The summed E-state index contributed by atoms with van der Waals surface area (Å²) in [4.78, 5) is 15.4. The first-order valence-corrected chi connectivity index (χ1v) is 7.23. The number of amides is 1. The Morgan fingerprint density at radius 1 is 1.40 bits per heavy atom. The van der Waals surface area contributed by atoms with Gasteiger partial charge in [0.15, 0.2) is 0 Å². The zero-order valence-corrected chi connectivity index (χ0v) is 11.8. The van der Waals surface area contributed by atoms with Gasteiger partial charge in [-0.15, -0.1) is 0 Å². The van der Waals surface area contributed by atoms with Crippen molar-refractivity contribution in [3.63, 3.8) is 0 Å². The topological polar surface area (TPSA) is 56.9 Å². The number of carbonyl (C=O) groups is 1. The van der Waals surface area contributed by atoms with Gasteiger partial charge in [-0.2, -0.15) is 0 Å². The van der Waals surface area contributed by atoms with Crippen LogP contribution in [0, 0.1) is 5.41 Å². The van der Waals surface area contributed by atoms with Crippen molar-refractivity contribution in [3.8, 4) is 0 Å². The first kappa shape index (κ1) is 13.2. The molecule has 2 aromatic rings. The van der Waals surface area contributed by atoms with Crippen molar-refractivity contribution >= 4 is 16.8 Å². The monoisotopic (exact) mass is 271 g/mol. The minimum absolute atomic E-state index is 0.0204. The molecule has 0 radical (unpaired) electrons. The molecule has 0 saturated carbocycles. The van der Waals surface area contributed by atoms with Crippen molar-refractivity contribution in [2.24, 2.45) is 5.41 Å². The third kappa shape index (κ3) is 2.70. The molecule has 1 amide bonds. The van der Waals surface area contributed by atoms with Crippen LogP contribution < -0.4 is 10.6 Å². The number of piperidine rings is 1. The summed E-state index contributed by atoms with van der Waals surface area (Å²) in [6.45, 7) is 5.00. The fourth-order valence-electron chi connectivity index (χ4n) is 2.85. The molecule has 1 unspecified atom stereocenters. The average Bonchev–Trinajstić information content (AvgIpc) is 2.89. The maximum atomic E-state index is 12.2. The third-order valence-electron chi connectivity index (χ3n) is 4.14. The largest absolute Gasteiger partial charge is 0.351 e. The van der Waals surface area contributed by atoms with Crippen molar-refractivity contribution < 1.29 is 4.79 Å². The van der Waals surface area contributed by atoms with Gasteiger partial charge in [0.2, 0.25) is 0 Å². The number of fused-ring (bicyclic) bond motifs is 1. The van der Waals surface area contributed by atoms with Gasteiger partial charge >= 0.3 is 0 Å². The van der Waals surface area contributed by atoms with Crippen molar-refractivity contribution in [2.45, 2.75) is 19.8 Å². The summed E-state index contributed by atoms with van der Waals surface area (Å²) in [5.41, 5.74) is 1.81. The van der Waals surface area contributed by atoms with Crippen LogP contribution in [0.4, 0.5) is 0 Å². The Kier molecular flexibility index (Phi) is 3.49. The van der Waals surface area contributed by atoms with Gasteiger partial charge in [-0.05, 0) is 36.9 Å². The minimum atomic E-state index is -0.0204. The molecule has 20 heavy (non-hydrogen) atoms. The van der Waals surface area contributed by atoms with Crippen LogP contribution in [-0.4, -0.2) is 30.5 Å². The maximum Gasteiger partial charge on any atom is 0.267 e. The van der Waals surface area contributed by atoms with Crippen LogP contribution in [0.3, 0.4) is 0 Å². The first-order valence-electron chi connectivity index (χ1n) is 7.23. The van der Waals surface area contributed by atoms with E-state index in [1.165, 1.54) is 6.42 Å². The Bertz CT molecular complexity index is 578. The molecule has 0 aliphatic carbocycles. The summed E-state index contributed by atoms with van der Waals surface area (Å²) in [6, 6.07) is 9.85. The highest BCUT2D eigenvalue weighted by Gasteiger charge is 2.27. The van der Waals surface area contributed by atoms with E-state index in [0.29, 0.717) is 12.2 Å². The number of aromatic nitrogens is 1. The lowest BCUT2D eigenvalue weighted by Crippen LogP contribution is -2.45. The lowest BCUT2D eigenvalue weighted by molar-refractivity contribution is 0.0920. The number of aromatic amines is 1. The number of para-hydroxylation sites is 1. The number of carbonyl (C=O) groups excluding carboxylic acids is 1. The van der Waals surface area contributed by atoms with E-state index in [9.17, 15) is 4.79 Å². The van der Waals surface area contributed by atoms with Crippen LogP contribution in [-0.2, 0) is 0 Å². The Hall–Kier alpha value is -1.81. The summed E-state index contributed by atoms with van der Waals surface area (Å²) < 4.78 is 0. The summed E-state index contributed by atoms with van der Waals surface area (Å²) in [7, 11) is 0. The predicted molar refractivity (Wildman–Crippen MR) is 80.8 cm³/mol. The van der Waals surface area contributed by atoms with Crippen LogP contribution in [0.5, 0.6) is 0 Å². The zero-order chi connectivity index (χ0) is 14.0. The smallest absolute Gasteiger partial charge is 0.267 e. The van der Waals surface area contributed by atoms with Crippen molar-refractivity contribution in [2.75, 3.05) is 19.6 Å². The highest BCUT2D eigenvalue weighted by Crippen LogP contribution is 2.24. The molecule has 4 heteroatoms. The molecule has 0 spiro atoms. The average molecular weight is 271 g/mol. The molecule has 106 valence electrons. The molecule has 0 bridgehead atoms. The van der Waals surface area contributed by atoms with Gasteiger partial charge in [0.1, 0.15) is 5.69 Å². The molecule has 1 aliphatic rings. The third-order valence-corrected chi connectivity index (χ3v) is 4.14. The summed E-state index contributed by atoms with van der Waals surface area (Å²) in [5, 5.41) is 7.53. The van der Waals surface area contributed by atoms with E-state index in [4.69, 9.17) is 0 Å². The normalized spacial score (nSPS) is 22.9. The molecule has 1 saturated heterocycles. The quantitative estimate of drug-likeness (QED) is 0.802. The van der Waals surface area contributed by atoms with Crippen molar-refractivity contribution in [1.82, 2.24) is 15.6 Å². The molecule has 1 aromatic heterocycles.